The van der Waals surface area contributed by atoms with Crippen molar-refractivity contribution in [1.29, 1.82) is 0 Å². The molecule has 0 saturated heterocycles. The molecule has 0 aromatic heterocycles. The van der Waals surface area contributed by atoms with E-state index in [9.17, 15) is 18.5 Å². The van der Waals surface area contributed by atoms with Crippen LogP contribution in [0.3, 0.4) is 0 Å². The number of nitrogens with zero attached hydrogens (tertiary/aromatic N) is 2. The molecule has 10 heteroatoms. The minimum absolute atomic E-state index is 0.107. The third kappa shape index (κ3) is 4.43. The Kier molecular flexibility index (Phi) is 6.23. The highest BCUT2D eigenvalue weighted by Gasteiger charge is 2.26. The van der Waals surface area contributed by atoms with Gasteiger partial charge in [0, 0.05) is 19.2 Å². The maximum Gasteiger partial charge on any atom is 0.293 e. The molecule has 0 bridgehead atoms. The first-order valence-corrected chi connectivity index (χ1v) is 10.7. The predicted molar refractivity (Wildman–Crippen MR) is 108 cm³/mol. The van der Waals surface area contributed by atoms with Crippen molar-refractivity contribution in [1.82, 2.24) is 4.31 Å². The topological polar surface area (TPSA) is 111 Å². The number of hydrogen-bond donors (Lipinski definition) is 1. The van der Waals surface area contributed by atoms with Gasteiger partial charge in [-0.25, -0.2) is 8.42 Å². The van der Waals surface area contributed by atoms with Crippen LogP contribution in [-0.2, 0) is 10.0 Å². The molecular formula is C19H23N3O6S. The molecule has 2 aromatic carbocycles. The monoisotopic (exact) mass is 421 g/mol. The number of benzene rings is 2. The molecule has 1 aliphatic heterocycles. The van der Waals surface area contributed by atoms with Crippen molar-refractivity contribution in [2.75, 3.05) is 31.6 Å². The smallest absolute Gasteiger partial charge is 0.293 e. The minimum atomic E-state index is -3.79. The molecule has 0 spiro atoms. The molecule has 156 valence electrons. The molecule has 0 fully saturated rings. The number of nitro benzene ring substituents is 1. The second-order valence-electron chi connectivity index (χ2n) is 6.40. The predicted octanol–water partition coefficient (Wildman–Crippen LogP) is 2.88. The SMILES string of the molecule is CCN(CC)S(=O)(=O)c1ccc(NC[C@@H]2COc3ccccc3O2)c([N+](=O)[O-])c1. The molecule has 3 rings (SSSR count). The number of para-hydroxylation sites is 2. The van der Waals surface area contributed by atoms with Crippen LogP contribution in [-0.4, -0.2) is 50.0 Å². The summed E-state index contributed by atoms with van der Waals surface area (Å²) in [5.74, 6) is 1.27. The van der Waals surface area contributed by atoms with Crippen LogP contribution in [0.15, 0.2) is 47.4 Å². The van der Waals surface area contributed by atoms with Gasteiger partial charge in [0.2, 0.25) is 10.0 Å². The molecular weight excluding hydrogens is 398 g/mol. The number of sulfonamides is 1. The summed E-state index contributed by atoms with van der Waals surface area (Å²) in [6.45, 7) is 4.56. The average molecular weight is 421 g/mol. The van der Waals surface area contributed by atoms with Crippen molar-refractivity contribution >= 4 is 21.4 Å². The van der Waals surface area contributed by atoms with E-state index in [0.717, 1.165) is 6.07 Å². The lowest BCUT2D eigenvalue weighted by Gasteiger charge is -2.26. The van der Waals surface area contributed by atoms with Crippen LogP contribution < -0.4 is 14.8 Å². The maximum absolute atomic E-state index is 12.6. The van der Waals surface area contributed by atoms with Crippen LogP contribution in [0.4, 0.5) is 11.4 Å². The Labute approximate surface area is 169 Å². The highest BCUT2D eigenvalue weighted by atomic mass is 32.2. The number of nitrogens with one attached hydrogen (secondary N) is 1. The summed E-state index contributed by atoms with van der Waals surface area (Å²) >= 11 is 0. The zero-order valence-corrected chi connectivity index (χ0v) is 17.0. The molecule has 2 aromatic rings. The molecule has 0 saturated carbocycles. The molecule has 0 radical (unpaired) electrons. The zero-order chi connectivity index (χ0) is 21.0. The number of rotatable bonds is 8. The number of anilines is 1. The first kappa shape index (κ1) is 20.9. The van der Waals surface area contributed by atoms with Gasteiger partial charge in [-0.2, -0.15) is 4.31 Å². The summed E-state index contributed by atoms with van der Waals surface area (Å²) in [6, 6.07) is 11.1. The second-order valence-corrected chi connectivity index (χ2v) is 8.34. The standard InChI is InChI=1S/C19H23N3O6S/c1-3-21(4-2)29(25,26)15-9-10-16(17(11-15)22(23)24)20-12-14-13-27-18-7-5-6-8-19(18)28-14/h5-11,14,20H,3-4,12-13H2,1-2H3/t14-/m1/s1. The number of hydrogen-bond acceptors (Lipinski definition) is 7. The van der Waals surface area contributed by atoms with E-state index < -0.39 is 14.9 Å². The highest BCUT2D eigenvalue weighted by Crippen LogP contribution is 2.32. The third-order valence-electron chi connectivity index (χ3n) is 4.60. The molecule has 9 nitrogen and oxygen atoms in total. The van der Waals surface area contributed by atoms with Crippen LogP contribution in [0.2, 0.25) is 0 Å². The summed E-state index contributed by atoms with van der Waals surface area (Å²) < 4.78 is 38.0. The molecule has 0 unspecified atom stereocenters. The van der Waals surface area contributed by atoms with Gasteiger partial charge in [-0.05, 0) is 24.3 Å². The van der Waals surface area contributed by atoms with Gasteiger partial charge in [0.1, 0.15) is 18.4 Å². The lowest BCUT2D eigenvalue weighted by atomic mass is 10.2. The van der Waals surface area contributed by atoms with Crippen LogP contribution >= 0.6 is 0 Å². The molecule has 1 atom stereocenters. The van der Waals surface area contributed by atoms with Crippen LogP contribution in [0, 0.1) is 10.1 Å². The number of ether oxygens (including phenoxy) is 2. The highest BCUT2D eigenvalue weighted by molar-refractivity contribution is 7.89. The zero-order valence-electron chi connectivity index (χ0n) is 16.2. The van der Waals surface area contributed by atoms with E-state index in [2.05, 4.69) is 5.32 Å². The minimum Gasteiger partial charge on any atom is -0.486 e. The number of fused-ring (bicyclic) bond motifs is 1. The third-order valence-corrected chi connectivity index (χ3v) is 6.64. The van der Waals surface area contributed by atoms with Crippen molar-refractivity contribution in [3.8, 4) is 11.5 Å². The Morgan fingerprint density at radius 3 is 2.52 bits per heavy atom. The van der Waals surface area contributed by atoms with Gasteiger partial charge in [0.25, 0.3) is 5.69 Å². The van der Waals surface area contributed by atoms with E-state index in [0.29, 0.717) is 18.1 Å². The van der Waals surface area contributed by atoms with E-state index in [1.165, 1.54) is 16.4 Å². The fourth-order valence-corrected chi connectivity index (χ4v) is 4.55. The van der Waals surface area contributed by atoms with Crippen LogP contribution in [0.5, 0.6) is 11.5 Å². The van der Waals surface area contributed by atoms with Crippen LogP contribution in [0.1, 0.15) is 13.8 Å². The van der Waals surface area contributed by atoms with Gasteiger partial charge in [-0.15, -0.1) is 0 Å². The Morgan fingerprint density at radius 2 is 1.86 bits per heavy atom. The van der Waals surface area contributed by atoms with E-state index in [1.54, 1.807) is 26.0 Å². The Balaban J connectivity index is 1.77. The molecule has 0 amide bonds. The van der Waals surface area contributed by atoms with Crippen molar-refractivity contribution < 1.29 is 22.8 Å². The summed E-state index contributed by atoms with van der Waals surface area (Å²) in [7, 11) is -3.79. The van der Waals surface area contributed by atoms with Gasteiger partial charge in [-0.1, -0.05) is 26.0 Å². The first-order valence-electron chi connectivity index (χ1n) is 9.27. The van der Waals surface area contributed by atoms with Gasteiger partial charge < -0.3 is 14.8 Å². The Bertz CT molecular complexity index is 991. The van der Waals surface area contributed by atoms with Gasteiger partial charge in [0.05, 0.1) is 16.4 Å². The fourth-order valence-electron chi connectivity index (χ4n) is 3.07. The van der Waals surface area contributed by atoms with Crippen molar-refractivity contribution in [3.63, 3.8) is 0 Å². The lowest BCUT2D eigenvalue weighted by molar-refractivity contribution is -0.384. The van der Waals surface area contributed by atoms with Crippen molar-refractivity contribution in [3.05, 3.63) is 52.6 Å². The molecule has 1 N–H and O–H groups in total. The molecule has 0 aliphatic carbocycles. The first-order chi connectivity index (χ1) is 13.9. The summed E-state index contributed by atoms with van der Waals surface area (Å²) in [4.78, 5) is 10.8. The van der Waals surface area contributed by atoms with Crippen molar-refractivity contribution in [2.45, 2.75) is 24.8 Å². The fraction of sp³-hybridized carbons (Fsp3) is 0.368. The molecule has 1 aliphatic rings. The second kappa shape index (κ2) is 8.66. The van der Waals surface area contributed by atoms with E-state index in [1.807, 2.05) is 12.1 Å². The summed E-state index contributed by atoms with van der Waals surface area (Å²) in [6.07, 6.45) is -0.344. The summed E-state index contributed by atoms with van der Waals surface area (Å²) in [5, 5.41) is 14.5. The average Bonchev–Trinajstić information content (AvgIpc) is 2.72. The van der Waals surface area contributed by atoms with E-state index in [4.69, 9.17) is 9.47 Å². The maximum atomic E-state index is 12.6. The van der Waals surface area contributed by atoms with Gasteiger partial charge >= 0.3 is 0 Å². The summed E-state index contributed by atoms with van der Waals surface area (Å²) in [5.41, 5.74) is -0.0914. The number of nitro groups is 1. The van der Waals surface area contributed by atoms with Crippen molar-refractivity contribution in [2.24, 2.45) is 0 Å². The van der Waals surface area contributed by atoms with Gasteiger partial charge in [0.15, 0.2) is 11.5 Å². The quantitative estimate of drug-likeness (QED) is 0.515. The Hall–Kier alpha value is -2.85. The normalized spacial score (nSPS) is 15.9. The lowest BCUT2D eigenvalue weighted by Crippen LogP contribution is -2.35. The molecule has 29 heavy (non-hydrogen) atoms. The van der Waals surface area contributed by atoms with Gasteiger partial charge in [-0.3, -0.25) is 10.1 Å². The Morgan fingerprint density at radius 1 is 1.17 bits per heavy atom. The van der Waals surface area contributed by atoms with E-state index in [-0.39, 0.29) is 42.0 Å². The van der Waals surface area contributed by atoms with Crippen LogP contribution in [0.25, 0.3) is 0 Å². The largest absolute Gasteiger partial charge is 0.486 e. The molecule has 1 heterocycles. The van der Waals surface area contributed by atoms with E-state index >= 15 is 0 Å².